The molecule has 2 N–H and O–H groups in total. The summed E-state index contributed by atoms with van der Waals surface area (Å²) in [6.45, 7) is 4.52. The first-order valence-electron chi connectivity index (χ1n) is 8.17. The topological polar surface area (TPSA) is 84.2 Å². The van der Waals surface area contributed by atoms with Crippen LogP contribution in [0, 0.1) is 6.92 Å². The van der Waals surface area contributed by atoms with E-state index in [1.807, 2.05) is 18.2 Å². The number of hydrogen-bond acceptors (Lipinski definition) is 4. The largest absolute Gasteiger partial charge is 0.493 e. The van der Waals surface area contributed by atoms with Gasteiger partial charge in [-0.15, -0.1) is 0 Å². The number of methoxy groups -OCH3 is 1. The Kier molecular flexibility index (Phi) is 6.23. The average Bonchev–Trinajstić information content (AvgIpc) is 2.55. The van der Waals surface area contributed by atoms with Crippen LogP contribution in [-0.4, -0.2) is 23.7 Å². The molecule has 0 amide bonds. The number of aryl methyl sites for hydroxylation is 1. The van der Waals surface area contributed by atoms with Crippen molar-refractivity contribution < 1.29 is 9.47 Å². The van der Waals surface area contributed by atoms with Gasteiger partial charge in [-0.05, 0) is 31.0 Å². The predicted molar refractivity (Wildman–Crippen MR) is 93.2 cm³/mol. The van der Waals surface area contributed by atoms with Crippen molar-refractivity contribution in [3.8, 4) is 11.5 Å². The van der Waals surface area contributed by atoms with Gasteiger partial charge in [0.05, 0.1) is 13.7 Å². The normalized spacial score (nSPS) is 10.6. The van der Waals surface area contributed by atoms with Gasteiger partial charge in [-0.25, -0.2) is 4.79 Å². The number of aromatic nitrogens is 2. The first kappa shape index (κ1) is 17.8. The number of ether oxygens (including phenoxy) is 2. The summed E-state index contributed by atoms with van der Waals surface area (Å²) in [5.74, 6) is 1.34. The van der Waals surface area contributed by atoms with Crippen LogP contribution >= 0.6 is 0 Å². The van der Waals surface area contributed by atoms with E-state index in [4.69, 9.17) is 9.47 Å². The van der Waals surface area contributed by atoms with Crippen molar-refractivity contribution in [3.63, 3.8) is 0 Å². The summed E-state index contributed by atoms with van der Waals surface area (Å²) >= 11 is 0. The molecule has 1 heterocycles. The highest BCUT2D eigenvalue weighted by molar-refractivity contribution is 5.44. The number of rotatable bonds is 8. The molecule has 6 nitrogen and oxygen atoms in total. The molecule has 2 aromatic rings. The fourth-order valence-electron chi connectivity index (χ4n) is 2.52. The Bertz CT molecular complexity index is 792. The molecule has 0 aliphatic heterocycles. The SMILES string of the molecule is CCCCCOc1ccc(Cc2c(C)[nH]c(=O)[nH]c2=O)cc1OC. The van der Waals surface area contributed by atoms with Gasteiger partial charge >= 0.3 is 5.69 Å². The highest BCUT2D eigenvalue weighted by Gasteiger charge is 2.10. The zero-order chi connectivity index (χ0) is 17.5. The Balaban J connectivity index is 2.18. The Labute approximate surface area is 140 Å². The third-order valence-corrected chi connectivity index (χ3v) is 3.87. The van der Waals surface area contributed by atoms with Crippen LogP contribution in [-0.2, 0) is 6.42 Å². The molecule has 0 aliphatic rings. The van der Waals surface area contributed by atoms with E-state index in [0.717, 1.165) is 24.8 Å². The highest BCUT2D eigenvalue weighted by atomic mass is 16.5. The van der Waals surface area contributed by atoms with Gasteiger partial charge in [0, 0.05) is 17.7 Å². The molecule has 0 unspecified atom stereocenters. The van der Waals surface area contributed by atoms with E-state index >= 15 is 0 Å². The molecule has 0 atom stereocenters. The van der Waals surface area contributed by atoms with E-state index in [2.05, 4.69) is 16.9 Å². The van der Waals surface area contributed by atoms with Gasteiger partial charge in [0.15, 0.2) is 11.5 Å². The molecule has 0 saturated carbocycles. The van der Waals surface area contributed by atoms with E-state index < -0.39 is 5.69 Å². The van der Waals surface area contributed by atoms with E-state index in [1.165, 1.54) is 0 Å². The molecule has 2 rings (SSSR count). The minimum absolute atomic E-state index is 0.366. The quantitative estimate of drug-likeness (QED) is 0.728. The molecule has 0 spiro atoms. The van der Waals surface area contributed by atoms with Crippen molar-refractivity contribution in [2.24, 2.45) is 0 Å². The minimum atomic E-state index is -0.491. The summed E-state index contributed by atoms with van der Waals surface area (Å²) in [5.41, 5.74) is 1.16. The van der Waals surface area contributed by atoms with Crippen LogP contribution in [0.15, 0.2) is 27.8 Å². The van der Waals surface area contributed by atoms with Gasteiger partial charge in [0.25, 0.3) is 5.56 Å². The second-order valence-electron chi connectivity index (χ2n) is 5.73. The maximum Gasteiger partial charge on any atom is 0.325 e. The molecular formula is C18H24N2O4. The van der Waals surface area contributed by atoms with Crippen LogP contribution in [0.5, 0.6) is 11.5 Å². The zero-order valence-electron chi connectivity index (χ0n) is 14.4. The van der Waals surface area contributed by atoms with Gasteiger partial charge in [-0.2, -0.15) is 0 Å². The van der Waals surface area contributed by atoms with Crippen molar-refractivity contribution in [2.75, 3.05) is 13.7 Å². The number of nitrogens with one attached hydrogen (secondary N) is 2. The van der Waals surface area contributed by atoms with Crippen LogP contribution in [0.2, 0.25) is 0 Å². The van der Waals surface area contributed by atoms with Crippen molar-refractivity contribution in [2.45, 2.75) is 39.5 Å². The van der Waals surface area contributed by atoms with E-state index in [-0.39, 0.29) is 5.56 Å². The van der Waals surface area contributed by atoms with Crippen LogP contribution in [0.25, 0.3) is 0 Å². The molecular weight excluding hydrogens is 308 g/mol. The Hall–Kier alpha value is -2.50. The summed E-state index contributed by atoms with van der Waals surface area (Å²) in [7, 11) is 1.59. The van der Waals surface area contributed by atoms with Crippen LogP contribution in [0.4, 0.5) is 0 Å². The molecule has 130 valence electrons. The maximum absolute atomic E-state index is 12.0. The predicted octanol–water partition coefficient (Wildman–Crippen LogP) is 2.54. The zero-order valence-corrected chi connectivity index (χ0v) is 14.4. The number of H-pyrrole nitrogens is 2. The molecule has 1 aromatic carbocycles. The molecule has 0 aliphatic carbocycles. The second kappa shape index (κ2) is 8.38. The fourth-order valence-corrected chi connectivity index (χ4v) is 2.52. The summed E-state index contributed by atoms with van der Waals surface area (Å²) < 4.78 is 11.1. The monoisotopic (exact) mass is 332 g/mol. The highest BCUT2D eigenvalue weighted by Crippen LogP contribution is 2.29. The lowest BCUT2D eigenvalue weighted by atomic mass is 10.0. The van der Waals surface area contributed by atoms with Gasteiger partial charge < -0.3 is 14.5 Å². The summed E-state index contributed by atoms with van der Waals surface area (Å²) in [6.07, 6.45) is 3.69. The molecule has 1 aromatic heterocycles. The summed E-state index contributed by atoms with van der Waals surface area (Å²) in [6, 6.07) is 5.62. The molecule has 6 heteroatoms. The smallest absolute Gasteiger partial charge is 0.325 e. The Morgan fingerprint density at radius 2 is 1.88 bits per heavy atom. The first-order chi connectivity index (χ1) is 11.5. The number of benzene rings is 1. The van der Waals surface area contributed by atoms with Crippen molar-refractivity contribution >= 4 is 0 Å². The Morgan fingerprint density at radius 3 is 2.54 bits per heavy atom. The molecule has 0 radical (unpaired) electrons. The third-order valence-electron chi connectivity index (χ3n) is 3.87. The fraction of sp³-hybridized carbons (Fsp3) is 0.444. The van der Waals surface area contributed by atoms with E-state index in [1.54, 1.807) is 14.0 Å². The lowest BCUT2D eigenvalue weighted by Gasteiger charge is -2.12. The van der Waals surface area contributed by atoms with Crippen molar-refractivity contribution in [1.29, 1.82) is 0 Å². The van der Waals surface area contributed by atoms with Gasteiger partial charge in [-0.1, -0.05) is 25.8 Å². The maximum atomic E-state index is 12.0. The standard InChI is InChI=1S/C18H24N2O4/c1-4-5-6-9-24-15-8-7-13(11-16(15)23-3)10-14-12(2)19-18(22)20-17(14)21/h7-8,11H,4-6,9-10H2,1-3H3,(H2,19,20,21,22). The van der Waals surface area contributed by atoms with Crippen LogP contribution < -0.4 is 20.7 Å². The first-order valence-corrected chi connectivity index (χ1v) is 8.17. The molecule has 24 heavy (non-hydrogen) atoms. The van der Waals surface area contributed by atoms with E-state index in [9.17, 15) is 9.59 Å². The lowest BCUT2D eigenvalue weighted by molar-refractivity contribution is 0.286. The number of unbranched alkanes of at least 4 members (excludes halogenated alkanes) is 2. The summed E-state index contributed by atoms with van der Waals surface area (Å²) in [5, 5.41) is 0. The minimum Gasteiger partial charge on any atom is -0.493 e. The van der Waals surface area contributed by atoms with Crippen LogP contribution in [0.3, 0.4) is 0 Å². The molecule has 0 fully saturated rings. The number of aromatic amines is 2. The lowest BCUT2D eigenvalue weighted by Crippen LogP contribution is -2.27. The van der Waals surface area contributed by atoms with Crippen LogP contribution in [0.1, 0.15) is 43.0 Å². The third kappa shape index (κ3) is 4.50. The molecule has 0 bridgehead atoms. The second-order valence-corrected chi connectivity index (χ2v) is 5.73. The number of hydrogen-bond donors (Lipinski definition) is 2. The summed E-state index contributed by atoms with van der Waals surface area (Å²) in [4.78, 5) is 28.1. The Morgan fingerprint density at radius 1 is 1.08 bits per heavy atom. The van der Waals surface area contributed by atoms with Gasteiger partial charge in [0.1, 0.15) is 0 Å². The molecule has 0 saturated heterocycles. The van der Waals surface area contributed by atoms with Gasteiger partial charge in [-0.3, -0.25) is 9.78 Å². The van der Waals surface area contributed by atoms with Gasteiger partial charge in [0.2, 0.25) is 0 Å². The van der Waals surface area contributed by atoms with Crippen molar-refractivity contribution in [3.05, 3.63) is 55.9 Å². The van der Waals surface area contributed by atoms with E-state index in [0.29, 0.717) is 35.8 Å². The van der Waals surface area contributed by atoms with Crippen molar-refractivity contribution in [1.82, 2.24) is 9.97 Å². The average molecular weight is 332 g/mol.